The molecule has 0 unspecified atom stereocenters. The van der Waals surface area contributed by atoms with Crippen molar-refractivity contribution in [3.8, 4) is 0 Å². The van der Waals surface area contributed by atoms with E-state index in [4.69, 9.17) is 0 Å². The first-order valence-electron chi connectivity index (χ1n) is 10.9. The molecule has 0 bridgehead atoms. The Balaban J connectivity index is 1.59. The van der Waals surface area contributed by atoms with E-state index in [0.29, 0.717) is 0 Å². The molecule has 31 heavy (non-hydrogen) atoms. The maximum atomic E-state index is 2.41. The average molecular weight is 393 g/mol. The van der Waals surface area contributed by atoms with Gasteiger partial charge in [0.15, 0.2) is 0 Å². The van der Waals surface area contributed by atoms with Gasteiger partial charge in [0.1, 0.15) is 0 Å². The molecule has 0 atom stereocenters. The molecule has 144 valence electrons. The van der Waals surface area contributed by atoms with Crippen LogP contribution < -0.4 is 10.4 Å². The summed E-state index contributed by atoms with van der Waals surface area (Å²) in [7, 11) is 0. The topological polar surface area (TPSA) is 0 Å². The third-order valence-corrected chi connectivity index (χ3v) is 6.90. The zero-order chi connectivity index (χ0) is 20.4. The summed E-state index contributed by atoms with van der Waals surface area (Å²) < 4.78 is 0. The van der Waals surface area contributed by atoms with Gasteiger partial charge in [-0.1, -0.05) is 103 Å². The molecule has 6 aromatic rings. The van der Waals surface area contributed by atoms with Crippen LogP contribution in [0.15, 0.2) is 103 Å². The Hall–Kier alpha value is -3.90. The summed E-state index contributed by atoms with van der Waals surface area (Å²) in [6.07, 6.45) is 3.38. The van der Waals surface area contributed by atoms with E-state index in [0.717, 1.165) is 6.42 Å². The monoisotopic (exact) mass is 392 g/mol. The first-order valence-corrected chi connectivity index (χ1v) is 10.9. The number of rotatable bonds is 1. The molecule has 0 fully saturated rings. The highest BCUT2D eigenvalue weighted by atomic mass is 14.2. The summed E-state index contributed by atoms with van der Waals surface area (Å²) in [4.78, 5) is 0. The van der Waals surface area contributed by atoms with Crippen molar-refractivity contribution >= 4 is 54.7 Å². The highest BCUT2D eigenvalue weighted by Crippen LogP contribution is 2.36. The van der Waals surface area contributed by atoms with Gasteiger partial charge in [0.25, 0.3) is 0 Å². The minimum atomic E-state index is 0.986. The second-order valence-electron chi connectivity index (χ2n) is 8.49. The number of benzene rings is 6. The fourth-order valence-electron chi connectivity index (χ4n) is 5.46. The van der Waals surface area contributed by atoms with Gasteiger partial charge in [-0.25, -0.2) is 0 Å². The van der Waals surface area contributed by atoms with Gasteiger partial charge in [0, 0.05) is 0 Å². The van der Waals surface area contributed by atoms with Crippen LogP contribution in [-0.4, -0.2) is 0 Å². The van der Waals surface area contributed by atoms with Gasteiger partial charge in [-0.15, -0.1) is 0 Å². The summed E-state index contributed by atoms with van der Waals surface area (Å²) >= 11 is 0. The van der Waals surface area contributed by atoms with E-state index >= 15 is 0 Å². The van der Waals surface area contributed by atoms with Crippen LogP contribution in [0.1, 0.15) is 12.0 Å². The van der Waals surface area contributed by atoms with E-state index in [9.17, 15) is 0 Å². The fraction of sp³-hybridized carbons (Fsp3) is 0.0323. The molecule has 7 rings (SSSR count). The molecule has 0 spiro atoms. The quantitative estimate of drug-likeness (QED) is 0.274. The molecule has 0 aliphatic heterocycles. The maximum absolute atomic E-state index is 2.41. The van der Waals surface area contributed by atoms with Crippen molar-refractivity contribution in [2.75, 3.05) is 0 Å². The third kappa shape index (κ3) is 2.36. The molecule has 0 nitrogen and oxygen atoms in total. The smallest absolute Gasteiger partial charge is 0.00759 e. The fourth-order valence-corrected chi connectivity index (χ4v) is 5.46. The summed E-state index contributed by atoms with van der Waals surface area (Å²) in [6, 6.07) is 37.9. The summed E-state index contributed by atoms with van der Waals surface area (Å²) in [5.41, 5.74) is 2.76. The van der Waals surface area contributed by atoms with Crippen LogP contribution in [0.25, 0.3) is 54.7 Å². The first-order chi connectivity index (χ1) is 15.4. The van der Waals surface area contributed by atoms with E-state index in [2.05, 4.69) is 109 Å². The Kier molecular flexibility index (Phi) is 3.42. The lowest BCUT2D eigenvalue weighted by atomic mass is 9.91. The molecular weight excluding hydrogens is 372 g/mol. The van der Waals surface area contributed by atoms with Crippen LogP contribution in [0.5, 0.6) is 0 Å². The first kappa shape index (κ1) is 16.8. The van der Waals surface area contributed by atoms with Crippen LogP contribution in [-0.2, 0) is 0 Å². The molecule has 0 aromatic heterocycles. The highest BCUT2D eigenvalue weighted by molar-refractivity contribution is 6.25. The lowest BCUT2D eigenvalue weighted by Gasteiger charge is -2.12. The zero-order valence-corrected chi connectivity index (χ0v) is 17.1. The number of hydrogen-bond acceptors (Lipinski definition) is 0. The molecule has 1 aliphatic rings. The van der Waals surface area contributed by atoms with Gasteiger partial charge in [-0.3, -0.25) is 0 Å². The van der Waals surface area contributed by atoms with E-state index < -0.39 is 0 Å². The zero-order valence-electron chi connectivity index (χ0n) is 17.1. The van der Waals surface area contributed by atoms with E-state index in [1.165, 1.54) is 64.7 Å². The minimum absolute atomic E-state index is 0.986. The van der Waals surface area contributed by atoms with Gasteiger partial charge < -0.3 is 0 Å². The Bertz CT molecular complexity index is 1770. The van der Waals surface area contributed by atoms with Gasteiger partial charge in [0.2, 0.25) is 0 Å². The van der Waals surface area contributed by atoms with Crippen LogP contribution in [0.3, 0.4) is 0 Å². The van der Waals surface area contributed by atoms with Gasteiger partial charge in [0.05, 0.1) is 0 Å². The maximum Gasteiger partial charge on any atom is -0.00759 e. The van der Waals surface area contributed by atoms with Crippen LogP contribution in [0.2, 0.25) is 0 Å². The Morgan fingerprint density at radius 1 is 0.452 bits per heavy atom. The molecule has 0 amide bonds. The molecule has 0 saturated carbocycles. The summed E-state index contributed by atoms with van der Waals surface area (Å²) in [6.45, 7) is 0. The number of hydrogen-bond donors (Lipinski definition) is 0. The van der Waals surface area contributed by atoms with Crippen molar-refractivity contribution in [3.63, 3.8) is 0 Å². The SMILES string of the molecule is C1=c2c(ccc3ccccc23)=C(c2ccc3c4ccccc4c4ccccc4c3c2)C1. The predicted molar refractivity (Wildman–Crippen MR) is 134 cm³/mol. The van der Waals surface area contributed by atoms with Crippen molar-refractivity contribution in [1.82, 2.24) is 0 Å². The molecule has 0 heteroatoms. The Labute approximate surface area is 180 Å². The van der Waals surface area contributed by atoms with Crippen molar-refractivity contribution in [2.45, 2.75) is 6.42 Å². The van der Waals surface area contributed by atoms with Crippen LogP contribution in [0, 0.1) is 0 Å². The van der Waals surface area contributed by atoms with Gasteiger partial charge >= 0.3 is 0 Å². The van der Waals surface area contributed by atoms with Crippen LogP contribution in [0.4, 0.5) is 0 Å². The van der Waals surface area contributed by atoms with Gasteiger partial charge in [-0.2, -0.15) is 0 Å². The lowest BCUT2D eigenvalue weighted by molar-refractivity contribution is 1.48. The second kappa shape index (κ2) is 6.30. The Morgan fingerprint density at radius 2 is 1.03 bits per heavy atom. The molecule has 6 aromatic carbocycles. The normalized spacial score (nSPS) is 13.2. The minimum Gasteiger partial charge on any atom is -0.0716 e. The molecular formula is C31H20. The van der Waals surface area contributed by atoms with Crippen molar-refractivity contribution in [3.05, 3.63) is 119 Å². The summed E-state index contributed by atoms with van der Waals surface area (Å²) in [5.74, 6) is 0. The van der Waals surface area contributed by atoms with Crippen LogP contribution >= 0.6 is 0 Å². The van der Waals surface area contributed by atoms with Crippen molar-refractivity contribution < 1.29 is 0 Å². The predicted octanol–water partition coefficient (Wildman–Crippen LogP) is 6.68. The van der Waals surface area contributed by atoms with Crippen molar-refractivity contribution in [2.24, 2.45) is 0 Å². The van der Waals surface area contributed by atoms with Gasteiger partial charge in [-0.05, 0) is 77.2 Å². The third-order valence-electron chi connectivity index (χ3n) is 6.90. The lowest BCUT2D eigenvalue weighted by Crippen LogP contribution is -2.23. The van der Waals surface area contributed by atoms with E-state index in [1.54, 1.807) is 0 Å². The molecule has 0 heterocycles. The largest absolute Gasteiger partial charge is 0.0716 e. The summed E-state index contributed by atoms with van der Waals surface area (Å²) in [5, 5.41) is 13.4. The second-order valence-corrected chi connectivity index (χ2v) is 8.49. The Morgan fingerprint density at radius 3 is 1.74 bits per heavy atom. The standard InChI is InChI=1S/C31H20/c1-2-8-22-20(7-1)13-15-28-23(17-18-29(22)28)21-14-16-30-26-11-4-3-9-24(26)25-10-5-6-12-27(25)31(30)19-21/h1-16,18-19H,17H2. The van der Waals surface area contributed by atoms with Crippen molar-refractivity contribution in [1.29, 1.82) is 0 Å². The van der Waals surface area contributed by atoms with E-state index in [1.807, 2.05) is 0 Å². The average Bonchev–Trinajstić information content (AvgIpc) is 3.29. The highest BCUT2D eigenvalue weighted by Gasteiger charge is 2.13. The molecule has 1 aliphatic carbocycles. The molecule has 0 saturated heterocycles. The van der Waals surface area contributed by atoms with E-state index in [-0.39, 0.29) is 0 Å². The number of fused-ring (bicyclic) bond motifs is 9. The molecule has 0 radical (unpaired) electrons. The molecule has 0 N–H and O–H groups in total.